The van der Waals surface area contributed by atoms with Crippen LogP contribution in [-0.2, 0) is 4.79 Å². The number of amides is 1. The number of carbonyl (C=O) groups excluding carboxylic acids is 1. The summed E-state index contributed by atoms with van der Waals surface area (Å²) in [5.74, 6) is 0.658. The first kappa shape index (κ1) is 17.1. The number of benzene rings is 1. The van der Waals surface area contributed by atoms with Crippen molar-refractivity contribution in [1.82, 2.24) is 4.90 Å². The van der Waals surface area contributed by atoms with Gasteiger partial charge in [-0.05, 0) is 42.6 Å². The van der Waals surface area contributed by atoms with Gasteiger partial charge in [-0.2, -0.15) is 0 Å². The van der Waals surface area contributed by atoms with Crippen molar-refractivity contribution in [2.75, 3.05) is 26.2 Å². The summed E-state index contributed by atoms with van der Waals surface area (Å²) >= 11 is 5.78. The van der Waals surface area contributed by atoms with Crippen LogP contribution in [0.5, 0.6) is 5.75 Å². The molecule has 1 aromatic carbocycles. The second kappa shape index (κ2) is 7.16. The number of nitrogens with two attached hydrogens (primary N) is 1. The van der Waals surface area contributed by atoms with Gasteiger partial charge in [0.05, 0.1) is 0 Å². The Morgan fingerprint density at radius 1 is 1.45 bits per heavy atom. The van der Waals surface area contributed by atoms with Crippen molar-refractivity contribution in [3.63, 3.8) is 0 Å². The van der Waals surface area contributed by atoms with E-state index in [1.54, 1.807) is 24.3 Å². The third kappa shape index (κ3) is 4.27. The van der Waals surface area contributed by atoms with Gasteiger partial charge in [-0.3, -0.25) is 4.79 Å². The topological polar surface area (TPSA) is 55.6 Å². The van der Waals surface area contributed by atoms with Gasteiger partial charge >= 0.3 is 0 Å². The lowest BCUT2D eigenvalue weighted by atomic mass is 9.90. The Labute approximate surface area is 130 Å². The molecule has 0 radical (unpaired) electrons. The molecule has 112 valence electrons. The van der Waals surface area contributed by atoms with Crippen molar-refractivity contribution in [2.45, 2.75) is 13.3 Å². The van der Waals surface area contributed by atoms with E-state index in [2.05, 4.69) is 6.92 Å². The number of halogens is 2. The molecule has 2 N–H and O–H groups in total. The zero-order valence-electron chi connectivity index (χ0n) is 11.5. The minimum atomic E-state index is 0. The maximum absolute atomic E-state index is 12.0. The van der Waals surface area contributed by atoms with E-state index in [0.717, 1.165) is 13.0 Å². The van der Waals surface area contributed by atoms with Crippen LogP contribution >= 0.6 is 24.0 Å². The number of hydrogen-bond acceptors (Lipinski definition) is 3. The molecule has 1 saturated heterocycles. The summed E-state index contributed by atoms with van der Waals surface area (Å²) in [6, 6.07) is 6.98. The maximum atomic E-state index is 12.0. The predicted octanol–water partition coefficient (Wildman–Crippen LogP) is 2.34. The lowest BCUT2D eigenvalue weighted by Crippen LogP contribution is -2.36. The molecule has 0 aromatic heterocycles. The fourth-order valence-corrected chi connectivity index (χ4v) is 2.30. The zero-order chi connectivity index (χ0) is 13.9. The first-order valence-corrected chi connectivity index (χ1v) is 6.76. The van der Waals surface area contributed by atoms with Crippen LogP contribution in [0.4, 0.5) is 0 Å². The molecule has 1 atom stereocenters. The summed E-state index contributed by atoms with van der Waals surface area (Å²) in [5.41, 5.74) is 5.78. The van der Waals surface area contributed by atoms with Crippen molar-refractivity contribution < 1.29 is 9.53 Å². The van der Waals surface area contributed by atoms with Gasteiger partial charge < -0.3 is 15.4 Å². The van der Waals surface area contributed by atoms with E-state index < -0.39 is 0 Å². The maximum Gasteiger partial charge on any atom is 0.260 e. The van der Waals surface area contributed by atoms with Gasteiger partial charge in [-0.1, -0.05) is 18.5 Å². The number of ether oxygens (including phenoxy) is 1. The predicted molar refractivity (Wildman–Crippen MR) is 82.6 cm³/mol. The Balaban J connectivity index is 0.00000200. The van der Waals surface area contributed by atoms with Gasteiger partial charge in [0.2, 0.25) is 0 Å². The van der Waals surface area contributed by atoms with Crippen LogP contribution in [0.1, 0.15) is 13.3 Å². The SMILES string of the molecule is CC1(CN)CCN(C(=O)COc2ccc(Cl)cc2)C1.Cl. The fraction of sp³-hybridized carbons (Fsp3) is 0.500. The second-order valence-electron chi connectivity index (χ2n) is 5.32. The molecule has 1 aliphatic heterocycles. The van der Waals surface area contributed by atoms with Crippen molar-refractivity contribution in [3.05, 3.63) is 29.3 Å². The van der Waals surface area contributed by atoms with Crippen LogP contribution in [0, 0.1) is 5.41 Å². The molecular formula is C14H20Cl2N2O2. The highest BCUT2D eigenvalue weighted by Crippen LogP contribution is 2.28. The lowest BCUT2D eigenvalue weighted by Gasteiger charge is -2.22. The molecule has 1 fully saturated rings. The van der Waals surface area contributed by atoms with Gasteiger partial charge in [0.1, 0.15) is 5.75 Å². The van der Waals surface area contributed by atoms with E-state index in [9.17, 15) is 4.79 Å². The van der Waals surface area contributed by atoms with Gasteiger partial charge in [0.15, 0.2) is 6.61 Å². The summed E-state index contributed by atoms with van der Waals surface area (Å²) in [4.78, 5) is 13.8. The third-order valence-electron chi connectivity index (χ3n) is 3.58. The molecule has 0 bridgehead atoms. The second-order valence-corrected chi connectivity index (χ2v) is 5.76. The van der Waals surface area contributed by atoms with Crippen LogP contribution in [0.3, 0.4) is 0 Å². The number of nitrogens with zero attached hydrogens (tertiary/aromatic N) is 1. The lowest BCUT2D eigenvalue weighted by molar-refractivity contribution is -0.132. The molecule has 6 heteroatoms. The van der Waals surface area contributed by atoms with Crippen molar-refractivity contribution in [2.24, 2.45) is 11.1 Å². The van der Waals surface area contributed by atoms with Crippen LogP contribution in [0.25, 0.3) is 0 Å². The summed E-state index contributed by atoms with van der Waals surface area (Å²) in [6.07, 6.45) is 0.955. The molecule has 1 heterocycles. The Bertz CT molecular complexity index is 453. The molecule has 2 rings (SSSR count). The van der Waals surface area contributed by atoms with Gasteiger partial charge in [-0.15, -0.1) is 12.4 Å². The van der Waals surface area contributed by atoms with E-state index in [0.29, 0.717) is 23.9 Å². The molecule has 4 nitrogen and oxygen atoms in total. The smallest absolute Gasteiger partial charge is 0.260 e. The van der Waals surface area contributed by atoms with E-state index in [1.807, 2.05) is 4.90 Å². The summed E-state index contributed by atoms with van der Waals surface area (Å²) < 4.78 is 5.46. The van der Waals surface area contributed by atoms with E-state index in [-0.39, 0.29) is 30.3 Å². The van der Waals surface area contributed by atoms with Crippen LogP contribution in [-0.4, -0.2) is 37.0 Å². The fourth-order valence-electron chi connectivity index (χ4n) is 2.17. The third-order valence-corrected chi connectivity index (χ3v) is 3.83. The monoisotopic (exact) mass is 318 g/mol. The van der Waals surface area contributed by atoms with Crippen molar-refractivity contribution in [3.8, 4) is 5.75 Å². The van der Waals surface area contributed by atoms with Crippen LogP contribution in [0.2, 0.25) is 5.02 Å². The number of carbonyl (C=O) groups is 1. The van der Waals surface area contributed by atoms with Gasteiger partial charge in [0.25, 0.3) is 5.91 Å². The molecule has 1 aliphatic rings. The summed E-state index contributed by atoms with van der Waals surface area (Å²) in [6.45, 7) is 4.25. The molecule has 1 amide bonds. The van der Waals surface area contributed by atoms with E-state index in [1.165, 1.54) is 0 Å². The average Bonchev–Trinajstić information content (AvgIpc) is 2.81. The summed E-state index contributed by atoms with van der Waals surface area (Å²) in [7, 11) is 0. The molecule has 1 aromatic rings. The highest BCUT2D eigenvalue weighted by molar-refractivity contribution is 6.30. The zero-order valence-corrected chi connectivity index (χ0v) is 13.0. The van der Waals surface area contributed by atoms with Gasteiger partial charge in [0, 0.05) is 18.1 Å². The highest BCUT2D eigenvalue weighted by atomic mass is 35.5. The Morgan fingerprint density at radius 3 is 2.65 bits per heavy atom. The standard InChI is InChI=1S/C14H19ClN2O2.ClH/c1-14(9-16)6-7-17(10-14)13(18)8-19-12-4-2-11(15)3-5-12;/h2-5H,6-10,16H2,1H3;1H. The first-order valence-electron chi connectivity index (χ1n) is 6.39. The molecule has 0 aliphatic carbocycles. The highest BCUT2D eigenvalue weighted by Gasteiger charge is 2.34. The largest absolute Gasteiger partial charge is 0.484 e. The minimum absolute atomic E-state index is 0. The normalized spacial score (nSPS) is 21.4. The van der Waals surface area contributed by atoms with Crippen molar-refractivity contribution in [1.29, 1.82) is 0 Å². The molecule has 0 spiro atoms. The molecule has 1 unspecified atom stereocenters. The summed E-state index contributed by atoms with van der Waals surface area (Å²) in [5, 5.41) is 0.650. The Kier molecular flexibility index (Phi) is 6.11. The Hall–Kier alpha value is -0.970. The average molecular weight is 319 g/mol. The van der Waals surface area contributed by atoms with Crippen LogP contribution in [0.15, 0.2) is 24.3 Å². The molecule has 20 heavy (non-hydrogen) atoms. The number of likely N-dealkylation sites (tertiary alicyclic amines) is 1. The van der Waals surface area contributed by atoms with Crippen LogP contribution < -0.4 is 10.5 Å². The number of rotatable bonds is 4. The quantitative estimate of drug-likeness (QED) is 0.927. The Morgan fingerprint density at radius 2 is 2.10 bits per heavy atom. The van der Waals surface area contributed by atoms with E-state index in [4.69, 9.17) is 22.1 Å². The first-order chi connectivity index (χ1) is 9.02. The number of hydrogen-bond donors (Lipinski definition) is 1. The minimum Gasteiger partial charge on any atom is -0.484 e. The molecular weight excluding hydrogens is 299 g/mol. The van der Waals surface area contributed by atoms with Crippen molar-refractivity contribution >= 4 is 29.9 Å². The molecule has 0 saturated carbocycles. The van der Waals surface area contributed by atoms with E-state index >= 15 is 0 Å². The van der Waals surface area contributed by atoms with Gasteiger partial charge in [-0.25, -0.2) is 0 Å².